The third kappa shape index (κ3) is 3.74. The molecule has 142 valence electrons. The highest BCUT2D eigenvalue weighted by molar-refractivity contribution is 6.36. The molecule has 6 nitrogen and oxygen atoms in total. The van der Waals surface area contributed by atoms with Crippen molar-refractivity contribution in [1.29, 1.82) is 0 Å². The van der Waals surface area contributed by atoms with Crippen LogP contribution < -0.4 is 5.73 Å². The van der Waals surface area contributed by atoms with E-state index in [1.54, 1.807) is 37.4 Å². The molecule has 27 heavy (non-hydrogen) atoms. The zero-order valence-electron chi connectivity index (χ0n) is 15.1. The molecular weight excluding hydrogens is 389 g/mol. The van der Waals surface area contributed by atoms with Gasteiger partial charge in [-0.2, -0.15) is 0 Å². The van der Waals surface area contributed by atoms with Gasteiger partial charge in [0.2, 0.25) is 0 Å². The van der Waals surface area contributed by atoms with Crippen molar-refractivity contribution in [1.82, 2.24) is 9.72 Å². The van der Waals surface area contributed by atoms with E-state index < -0.39 is 5.91 Å². The van der Waals surface area contributed by atoms with Gasteiger partial charge in [-0.15, -0.1) is 0 Å². The van der Waals surface area contributed by atoms with Crippen molar-refractivity contribution < 1.29 is 14.1 Å². The fraction of sp³-hybridized carbons (Fsp3) is 0.263. The van der Waals surface area contributed by atoms with Crippen molar-refractivity contribution in [2.75, 3.05) is 13.7 Å². The Hall–Kier alpha value is -2.28. The minimum Gasteiger partial charge on any atom is -0.383 e. The molecule has 2 N–H and O–H groups in total. The fourth-order valence-corrected chi connectivity index (χ4v) is 3.67. The van der Waals surface area contributed by atoms with Gasteiger partial charge in [-0.25, -0.2) is 0 Å². The molecular formula is C19H19Cl2N3O3. The Labute approximate surface area is 166 Å². The lowest BCUT2D eigenvalue weighted by molar-refractivity contribution is 0.0999. The monoisotopic (exact) mass is 407 g/mol. The number of methoxy groups -OCH3 is 1. The van der Waals surface area contributed by atoms with Crippen molar-refractivity contribution in [2.24, 2.45) is 5.73 Å². The summed E-state index contributed by atoms with van der Waals surface area (Å²) in [5.74, 6) is -0.00725. The highest BCUT2D eigenvalue weighted by Gasteiger charge is 2.23. The number of carbonyl (C=O) groups is 1. The van der Waals surface area contributed by atoms with E-state index in [9.17, 15) is 4.79 Å². The summed E-state index contributed by atoms with van der Waals surface area (Å²) in [5, 5.41) is 5.13. The van der Waals surface area contributed by atoms with E-state index in [4.69, 9.17) is 38.2 Å². The highest BCUT2D eigenvalue weighted by atomic mass is 35.5. The van der Waals surface area contributed by atoms with Crippen LogP contribution in [0.2, 0.25) is 10.0 Å². The van der Waals surface area contributed by atoms with E-state index in [-0.39, 0.29) is 6.04 Å². The first kappa shape index (κ1) is 19.5. The first-order chi connectivity index (χ1) is 12.8. The van der Waals surface area contributed by atoms with Crippen LogP contribution in [-0.4, -0.2) is 29.3 Å². The van der Waals surface area contributed by atoms with Crippen LogP contribution in [0.4, 0.5) is 0 Å². The molecule has 8 heteroatoms. The topological polar surface area (TPSA) is 83.3 Å². The fourth-order valence-electron chi connectivity index (χ4n) is 3.16. The van der Waals surface area contributed by atoms with E-state index in [0.29, 0.717) is 44.9 Å². The van der Waals surface area contributed by atoms with Gasteiger partial charge in [0.1, 0.15) is 5.69 Å². The van der Waals surface area contributed by atoms with Crippen molar-refractivity contribution in [2.45, 2.75) is 19.9 Å². The Morgan fingerprint density at radius 1 is 1.33 bits per heavy atom. The number of amides is 1. The van der Waals surface area contributed by atoms with Gasteiger partial charge in [-0.1, -0.05) is 28.4 Å². The average molecular weight is 408 g/mol. The van der Waals surface area contributed by atoms with Gasteiger partial charge in [-0.05, 0) is 38.1 Å². The zero-order valence-corrected chi connectivity index (χ0v) is 16.6. The largest absolute Gasteiger partial charge is 0.383 e. The minimum absolute atomic E-state index is 0.0363. The summed E-state index contributed by atoms with van der Waals surface area (Å²) in [7, 11) is 1.62. The Morgan fingerprint density at radius 2 is 2.07 bits per heavy atom. The van der Waals surface area contributed by atoms with Gasteiger partial charge in [0.05, 0.1) is 28.9 Å². The number of carbonyl (C=O) groups excluding carboxylic acids is 1. The number of aromatic nitrogens is 2. The summed E-state index contributed by atoms with van der Waals surface area (Å²) in [4.78, 5) is 11.8. The number of rotatable bonds is 6. The van der Waals surface area contributed by atoms with Crippen LogP contribution in [-0.2, 0) is 4.74 Å². The molecule has 0 saturated carbocycles. The van der Waals surface area contributed by atoms with Gasteiger partial charge in [0.15, 0.2) is 5.76 Å². The maximum atomic E-state index is 11.8. The maximum Gasteiger partial charge on any atom is 0.250 e. The second-order valence-electron chi connectivity index (χ2n) is 6.27. The molecule has 0 spiro atoms. The SMILES string of the molecule is COCC(C)n1c(-c2cc(-c3ccc(Cl)cc3Cl)no2)cc(C(N)=O)c1C. The number of benzene rings is 1. The first-order valence-corrected chi connectivity index (χ1v) is 9.02. The van der Waals surface area contributed by atoms with Crippen molar-refractivity contribution >= 4 is 29.1 Å². The molecule has 0 fully saturated rings. The van der Waals surface area contributed by atoms with Crippen molar-refractivity contribution in [3.8, 4) is 22.7 Å². The summed E-state index contributed by atoms with van der Waals surface area (Å²) in [6, 6.07) is 8.59. The Kier molecular flexibility index (Phi) is 5.60. The summed E-state index contributed by atoms with van der Waals surface area (Å²) < 4.78 is 12.8. The first-order valence-electron chi connectivity index (χ1n) is 8.26. The van der Waals surface area contributed by atoms with E-state index >= 15 is 0 Å². The summed E-state index contributed by atoms with van der Waals surface area (Å²) in [5.41, 5.74) is 8.64. The second kappa shape index (κ2) is 7.76. The van der Waals surface area contributed by atoms with Gasteiger partial charge in [0, 0.05) is 29.5 Å². The highest BCUT2D eigenvalue weighted by Crippen LogP contribution is 2.34. The number of nitrogens with zero attached hydrogens (tertiary/aromatic N) is 2. The lowest BCUT2D eigenvalue weighted by atomic mass is 10.1. The zero-order chi connectivity index (χ0) is 19.7. The Morgan fingerprint density at radius 3 is 2.70 bits per heavy atom. The molecule has 0 aliphatic carbocycles. The van der Waals surface area contributed by atoms with Crippen LogP contribution in [0.5, 0.6) is 0 Å². The molecule has 1 atom stereocenters. The standard InChI is InChI=1S/C19H19Cl2N3O3/c1-10(9-26-3)24-11(2)14(19(22)25)7-17(24)18-8-16(23-27-18)13-5-4-12(20)6-15(13)21/h4-8,10H,9H2,1-3H3,(H2,22,25). The van der Waals surface area contributed by atoms with Gasteiger partial charge in [0.25, 0.3) is 5.91 Å². The minimum atomic E-state index is -0.502. The molecule has 0 radical (unpaired) electrons. The Balaban J connectivity index is 2.10. The molecule has 1 aromatic carbocycles. The third-order valence-corrected chi connectivity index (χ3v) is 4.92. The second-order valence-corrected chi connectivity index (χ2v) is 7.11. The number of ether oxygens (including phenoxy) is 1. The lowest BCUT2D eigenvalue weighted by Gasteiger charge is -2.18. The van der Waals surface area contributed by atoms with Crippen molar-refractivity contribution in [3.63, 3.8) is 0 Å². The molecule has 2 aromatic heterocycles. The molecule has 2 heterocycles. The summed E-state index contributed by atoms with van der Waals surface area (Å²) >= 11 is 12.2. The van der Waals surface area contributed by atoms with E-state index in [2.05, 4.69) is 5.16 Å². The molecule has 3 aromatic rings. The third-order valence-electron chi connectivity index (χ3n) is 4.38. The number of hydrogen-bond donors (Lipinski definition) is 1. The average Bonchev–Trinajstić information content (AvgIpc) is 3.19. The molecule has 0 saturated heterocycles. The molecule has 0 aliphatic rings. The van der Waals surface area contributed by atoms with Crippen molar-refractivity contribution in [3.05, 3.63) is 51.6 Å². The van der Waals surface area contributed by atoms with Crippen LogP contribution in [0.1, 0.15) is 29.0 Å². The van der Waals surface area contributed by atoms with E-state index in [1.165, 1.54) is 0 Å². The molecule has 0 aliphatic heterocycles. The summed E-state index contributed by atoms with van der Waals surface area (Å²) in [6.45, 7) is 4.28. The number of hydrogen-bond acceptors (Lipinski definition) is 4. The van der Waals surface area contributed by atoms with Gasteiger partial charge < -0.3 is 19.6 Å². The number of primary amides is 1. The van der Waals surface area contributed by atoms with Crippen LogP contribution in [0.25, 0.3) is 22.7 Å². The van der Waals surface area contributed by atoms with Gasteiger partial charge in [-0.3, -0.25) is 4.79 Å². The molecule has 3 rings (SSSR count). The van der Waals surface area contributed by atoms with E-state index in [0.717, 1.165) is 5.69 Å². The smallest absolute Gasteiger partial charge is 0.250 e. The summed E-state index contributed by atoms with van der Waals surface area (Å²) in [6.07, 6.45) is 0. The maximum absolute atomic E-state index is 11.8. The van der Waals surface area contributed by atoms with Crippen LogP contribution >= 0.6 is 23.2 Å². The predicted molar refractivity (Wildman–Crippen MR) is 105 cm³/mol. The predicted octanol–water partition coefficient (Wildman–Crippen LogP) is 4.73. The Bertz CT molecular complexity index is 994. The molecule has 0 bridgehead atoms. The number of nitrogens with two attached hydrogens (primary N) is 1. The number of halogens is 2. The van der Waals surface area contributed by atoms with Crippen LogP contribution in [0.3, 0.4) is 0 Å². The van der Waals surface area contributed by atoms with Gasteiger partial charge >= 0.3 is 0 Å². The molecule has 1 unspecified atom stereocenters. The quantitative estimate of drug-likeness (QED) is 0.639. The molecule has 1 amide bonds. The lowest BCUT2D eigenvalue weighted by Crippen LogP contribution is -2.16. The normalized spacial score (nSPS) is 12.3. The van der Waals surface area contributed by atoms with Crippen LogP contribution in [0, 0.1) is 6.92 Å². The van der Waals surface area contributed by atoms with Crippen LogP contribution in [0.15, 0.2) is 34.9 Å². The van der Waals surface area contributed by atoms with E-state index in [1.807, 2.05) is 18.4 Å².